The predicted octanol–water partition coefficient (Wildman–Crippen LogP) is 4.33. The molecule has 5 unspecified atom stereocenters. The molecule has 1 aliphatic carbocycles. The van der Waals surface area contributed by atoms with Crippen LogP contribution in [0.4, 0.5) is 4.79 Å². The molecule has 1 aliphatic heterocycles. The molecule has 2 aromatic rings. The van der Waals surface area contributed by atoms with Crippen molar-refractivity contribution < 1.29 is 43.4 Å². The maximum absolute atomic E-state index is 14.5. The number of hydrogen-bond donors (Lipinski definition) is 5. The molecule has 298 valence electrons. The van der Waals surface area contributed by atoms with Crippen molar-refractivity contribution >= 4 is 76.3 Å². The van der Waals surface area contributed by atoms with Gasteiger partial charge in [0, 0.05) is 12.5 Å². The Morgan fingerprint density at radius 2 is 1.53 bits per heavy atom. The van der Waals surface area contributed by atoms with Crippen molar-refractivity contribution in [2.45, 2.75) is 92.2 Å². The van der Waals surface area contributed by atoms with Crippen LogP contribution in [0.3, 0.4) is 0 Å². The van der Waals surface area contributed by atoms with Gasteiger partial charge >= 0.3 is 12.1 Å². The molecule has 5 amide bonds. The van der Waals surface area contributed by atoms with Gasteiger partial charge in [0.2, 0.25) is 27.3 Å². The fourth-order valence-corrected chi connectivity index (χ4v) is 7.18. The first kappa shape index (κ1) is 43.3. The third-order valence-corrected chi connectivity index (χ3v) is 10.0. The Labute approximate surface area is 334 Å². The van der Waals surface area contributed by atoms with Gasteiger partial charge in [0.25, 0.3) is 5.91 Å². The lowest BCUT2D eigenvalue weighted by Gasteiger charge is -2.34. The number of ether oxygens (including phenoxy) is 1. The molecule has 14 nitrogen and oxygen atoms in total. The van der Waals surface area contributed by atoms with Gasteiger partial charge in [-0.15, -0.1) is 0 Å². The number of carboxylic acids is 1. The van der Waals surface area contributed by atoms with Crippen LogP contribution in [0, 0.1) is 5.92 Å². The molecule has 0 bridgehead atoms. The van der Waals surface area contributed by atoms with Crippen LogP contribution in [0.5, 0.6) is 0 Å². The van der Waals surface area contributed by atoms with E-state index in [1.165, 1.54) is 17.0 Å². The van der Waals surface area contributed by atoms with E-state index >= 15 is 0 Å². The number of likely N-dealkylation sites (tertiary alicyclic amines) is 1. The zero-order valence-corrected chi connectivity index (χ0v) is 32.6. The quantitative estimate of drug-likeness (QED) is 0.121. The van der Waals surface area contributed by atoms with Crippen molar-refractivity contribution in [3.05, 3.63) is 71.8 Å². The summed E-state index contributed by atoms with van der Waals surface area (Å²) in [4.78, 5) is 93.7. The minimum atomic E-state index is -1.87. The topological polar surface area (TPSA) is 200 Å². The largest absolute Gasteiger partial charge is 0.479 e. The fourth-order valence-electron chi connectivity index (χ4n) is 7.01. The summed E-state index contributed by atoms with van der Waals surface area (Å²) in [7, 11) is 0. The Morgan fingerprint density at radius 1 is 0.891 bits per heavy atom. The predicted molar refractivity (Wildman–Crippen MR) is 204 cm³/mol. The summed E-state index contributed by atoms with van der Waals surface area (Å²) >= 11 is 17.3. The number of Topliss-reactive ketones (excluding diaryl/α,β-unsaturated/α-hetero) is 1. The summed E-state index contributed by atoms with van der Waals surface area (Å²) in [6.45, 7) is 0.642. The number of halogens is 3. The number of rotatable bonds is 16. The molecule has 0 aromatic heterocycles. The smallest absolute Gasteiger partial charge is 0.407 e. The van der Waals surface area contributed by atoms with Crippen LogP contribution >= 0.6 is 34.8 Å². The zero-order chi connectivity index (χ0) is 40.1. The second kappa shape index (κ2) is 20.5. The molecule has 5 N–H and O–H groups in total. The van der Waals surface area contributed by atoms with Crippen LogP contribution in [0.25, 0.3) is 0 Å². The van der Waals surface area contributed by atoms with Gasteiger partial charge in [-0.25, -0.2) is 9.59 Å². The summed E-state index contributed by atoms with van der Waals surface area (Å²) < 4.78 is 3.22. The van der Waals surface area contributed by atoms with Crippen LogP contribution in [0.2, 0.25) is 0 Å². The first-order valence-electron chi connectivity index (χ1n) is 18.2. The van der Waals surface area contributed by atoms with Crippen LogP contribution in [-0.4, -0.2) is 93.1 Å². The number of alkyl halides is 3. The van der Waals surface area contributed by atoms with Gasteiger partial charge in [0.05, 0.1) is 12.6 Å². The van der Waals surface area contributed by atoms with Crippen molar-refractivity contribution in [2.24, 2.45) is 5.92 Å². The minimum Gasteiger partial charge on any atom is -0.479 e. The van der Waals surface area contributed by atoms with E-state index in [1.807, 2.05) is 30.3 Å². The number of carboxylic acid groups (broad SMARTS) is 1. The van der Waals surface area contributed by atoms with E-state index < -0.39 is 82.6 Å². The zero-order valence-electron chi connectivity index (χ0n) is 30.3. The average molecular weight is 823 g/mol. The molecule has 2 fully saturated rings. The molecule has 5 atom stereocenters. The highest BCUT2D eigenvalue weighted by Crippen LogP contribution is 2.35. The first-order chi connectivity index (χ1) is 26.2. The van der Waals surface area contributed by atoms with E-state index in [0.717, 1.165) is 24.8 Å². The molecule has 1 saturated carbocycles. The summed E-state index contributed by atoms with van der Waals surface area (Å²) in [6.07, 6.45) is 3.66. The molecular weight excluding hydrogens is 777 g/mol. The third-order valence-electron chi connectivity index (χ3n) is 9.71. The van der Waals surface area contributed by atoms with Crippen LogP contribution in [0.15, 0.2) is 60.7 Å². The Morgan fingerprint density at radius 3 is 2.13 bits per heavy atom. The average Bonchev–Trinajstić information content (AvgIpc) is 3.63. The summed E-state index contributed by atoms with van der Waals surface area (Å²) in [5.74, 6) is -6.04. The van der Waals surface area contributed by atoms with E-state index in [0.29, 0.717) is 24.8 Å². The highest BCUT2D eigenvalue weighted by atomic mass is 35.6. The standard InChI is InChI=1S/C38H46Cl3N5O9/c1-2-12-27(32(48)34(50)42-20-29(47)44-31(36(52)53)25-17-10-5-11-18-25)43-33(49)28-19-26(23-13-6-3-7-14-23)21-46(28)35(51)30(24-15-8-4-9-16-24)45-37(54)55-22-38(39,40)41/h3,5-7,10-11,13-14,17-18,24,26-28,30-31H,2,4,8-9,12,15-16,19-22H2,1H3,(H,42,50)(H,43,49)(H,44,47)(H,45,54)(H,52,53). The van der Waals surface area contributed by atoms with Crippen molar-refractivity contribution in [3.8, 4) is 0 Å². The Bertz CT molecular complexity index is 1670. The lowest BCUT2D eigenvalue weighted by Crippen LogP contribution is -2.58. The van der Waals surface area contributed by atoms with Gasteiger partial charge < -0.3 is 36.0 Å². The Kier molecular flexibility index (Phi) is 16.1. The number of nitrogens with zero attached hydrogens (tertiary/aromatic N) is 1. The first-order valence-corrected chi connectivity index (χ1v) is 19.4. The summed E-state index contributed by atoms with van der Waals surface area (Å²) in [5, 5.41) is 19.5. The highest BCUT2D eigenvalue weighted by molar-refractivity contribution is 6.67. The normalized spacial score (nSPS) is 18.9. The number of alkyl carbamates (subject to hydrolysis) is 1. The second-order valence-corrected chi connectivity index (χ2v) is 16.2. The van der Waals surface area contributed by atoms with Gasteiger partial charge in [-0.3, -0.25) is 24.0 Å². The molecule has 1 saturated heterocycles. The monoisotopic (exact) mass is 821 g/mol. The number of ketones is 1. The molecule has 2 aromatic carbocycles. The van der Waals surface area contributed by atoms with E-state index in [2.05, 4.69) is 21.3 Å². The molecule has 0 spiro atoms. The lowest BCUT2D eigenvalue weighted by molar-refractivity contribution is -0.144. The highest BCUT2D eigenvalue weighted by Gasteiger charge is 2.45. The van der Waals surface area contributed by atoms with Crippen LogP contribution in [-0.2, 0) is 33.5 Å². The van der Waals surface area contributed by atoms with E-state index in [-0.39, 0.29) is 31.2 Å². The molecule has 55 heavy (non-hydrogen) atoms. The number of aliphatic carboxylic acids is 1. The maximum atomic E-state index is 14.5. The van der Waals surface area contributed by atoms with Gasteiger partial charge in [-0.2, -0.15) is 0 Å². The van der Waals surface area contributed by atoms with Gasteiger partial charge in [-0.05, 0) is 42.7 Å². The number of carbonyl (C=O) groups is 7. The molecule has 1 heterocycles. The second-order valence-electron chi connectivity index (χ2n) is 13.7. The van der Waals surface area contributed by atoms with Crippen molar-refractivity contribution in [1.29, 1.82) is 0 Å². The number of carbonyl (C=O) groups excluding carboxylic acids is 6. The van der Waals surface area contributed by atoms with E-state index in [4.69, 9.17) is 39.5 Å². The van der Waals surface area contributed by atoms with Gasteiger partial charge in [0.15, 0.2) is 6.04 Å². The Balaban J connectivity index is 1.49. The minimum absolute atomic E-state index is 0.0728. The fraction of sp³-hybridized carbons (Fsp3) is 0.500. The van der Waals surface area contributed by atoms with E-state index in [9.17, 15) is 38.7 Å². The number of nitrogens with one attached hydrogen (secondary N) is 4. The summed E-state index contributed by atoms with van der Waals surface area (Å²) in [5.41, 5.74) is 1.20. The molecule has 4 rings (SSSR count). The molecular formula is C38H46Cl3N5O9. The number of amides is 5. The van der Waals surface area contributed by atoms with Gasteiger partial charge in [-0.1, -0.05) is 128 Å². The Hall–Kier alpha value is -4.40. The number of benzene rings is 2. The number of hydrogen-bond acceptors (Lipinski definition) is 8. The molecule has 17 heteroatoms. The van der Waals surface area contributed by atoms with Gasteiger partial charge in [0.1, 0.15) is 18.7 Å². The van der Waals surface area contributed by atoms with Crippen molar-refractivity contribution in [3.63, 3.8) is 0 Å². The summed E-state index contributed by atoms with van der Waals surface area (Å²) in [6, 6.07) is 12.5. The SMILES string of the molecule is CCCC(NC(=O)C1CC(c2ccccc2)CN1C(=O)C(NC(=O)OCC(Cl)(Cl)Cl)C1CCCCC1)C(=O)C(=O)NCC(=O)NC(C(=O)O)c1ccccc1. The van der Waals surface area contributed by atoms with Crippen molar-refractivity contribution in [2.75, 3.05) is 19.7 Å². The maximum Gasteiger partial charge on any atom is 0.407 e. The molecule has 0 radical (unpaired) electrons. The van der Waals surface area contributed by atoms with Crippen LogP contribution < -0.4 is 21.3 Å². The third kappa shape index (κ3) is 12.8. The van der Waals surface area contributed by atoms with E-state index in [1.54, 1.807) is 25.1 Å². The molecule has 2 aliphatic rings. The lowest BCUT2D eigenvalue weighted by atomic mass is 9.83. The van der Waals surface area contributed by atoms with Crippen molar-refractivity contribution in [1.82, 2.24) is 26.2 Å². The van der Waals surface area contributed by atoms with Crippen LogP contribution in [0.1, 0.15) is 81.4 Å².